The van der Waals surface area contributed by atoms with E-state index in [1.54, 1.807) is 0 Å². The van der Waals surface area contributed by atoms with Gasteiger partial charge in [-0.15, -0.1) is 0 Å². The normalized spacial score (nSPS) is 11.4. The highest BCUT2D eigenvalue weighted by atomic mass is 16.3. The van der Waals surface area contributed by atoms with Crippen LogP contribution in [0.25, 0.3) is 44.3 Å². The SMILES string of the molecule is Cc1ccc2c(oc3c(-c4ccc(C(C)C)cc4)ccc(C#N)c32)c1-c1cccc[n+]1C. The third-order valence-corrected chi connectivity index (χ3v) is 6.32. The fraction of sp³-hybridized carbons (Fsp3) is 0.172. The molecule has 2 aromatic heterocycles. The molecule has 0 fully saturated rings. The maximum absolute atomic E-state index is 9.86. The molecular weight excluding hydrogens is 392 g/mol. The minimum atomic E-state index is 0.480. The Balaban J connectivity index is 1.86. The number of furan rings is 1. The Bertz CT molecular complexity index is 1520. The third kappa shape index (κ3) is 3.08. The van der Waals surface area contributed by atoms with Crippen LogP contribution in [0.3, 0.4) is 0 Å². The first kappa shape index (κ1) is 20.0. The summed E-state index contributed by atoms with van der Waals surface area (Å²) >= 11 is 0. The van der Waals surface area contributed by atoms with Gasteiger partial charge in [-0.25, -0.2) is 4.57 Å². The number of pyridine rings is 1. The lowest BCUT2D eigenvalue weighted by atomic mass is 9.95. The quantitative estimate of drug-likeness (QED) is 0.295. The molecule has 0 radical (unpaired) electrons. The first-order valence-corrected chi connectivity index (χ1v) is 10.9. The largest absolute Gasteiger partial charge is 0.454 e. The minimum absolute atomic E-state index is 0.480. The van der Waals surface area contributed by atoms with Crippen LogP contribution in [0.2, 0.25) is 0 Å². The van der Waals surface area contributed by atoms with Gasteiger partial charge < -0.3 is 4.42 Å². The molecule has 0 amide bonds. The van der Waals surface area contributed by atoms with Crippen LogP contribution in [0.15, 0.2) is 77.3 Å². The van der Waals surface area contributed by atoms with Crippen LogP contribution >= 0.6 is 0 Å². The second kappa shape index (κ2) is 7.66. The molecule has 0 N–H and O–H groups in total. The molecule has 32 heavy (non-hydrogen) atoms. The van der Waals surface area contributed by atoms with Crippen molar-refractivity contribution in [3.63, 3.8) is 0 Å². The Kier molecular flexibility index (Phi) is 4.79. The van der Waals surface area contributed by atoms with E-state index in [2.05, 4.69) is 73.9 Å². The molecule has 0 unspecified atom stereocenters. The van der Waals surface area contributed by atoms with E-state index >= 15 is 0 Å². The summed E-state index contributed by atoms with van der Waals surface area (Å²) in [5.74, 6) is 0.480. The van der Waals surface area contributed by atoms with Crippen molar-refractivity contribution in [1.82, 2.24) is 0 Å². The van der Waals surface area contributed by atoms with E-state index in [9.17, 15) is 5.26 Å². The summed E-state index contributed by atoms with van der Waals surface area (Å²) in [6.45, 7) is 6.49. The van der Waals surface area contributed by atoms with Crippen molar-refractivity contribution in [1.29, 1.82) is 5.26 Å². The van der Waals surface area contributed by atoms with Crippen molar-refractivity contribution in [2.75, 3.05) is 0 Å². The molecule has 3 aromatic carbocycles. The summed E-state index contributed by atoms with van der Waals surface area (Å²) in [4.78, 5) is 0. The topological polar surface area (TPSA) is 40.8 Å². The van der Waals surface area contributed by atoms with Crippen LogP contribution < -0.4 is 4.57 Å². The molecule has 0 aliphatic carbocycles. The second-order valence-corrected chi connectivity index (χ2v) is 8.69. The standard InChI is InChI=1S/C29H25N2O/c1-18(2)20-9-11-21(12-10-20)23-15-13-22(17-30)27-24-14-8-19(3)26(29(24)32-28(23)27)25-7-5-6-16-31(25)4/h5-16,18H,1-4H3/q+1. The summed E-state index contributed by atoms with van der Waals surface area (Å²) in [5.41, 5.74) is 8.90. The molecule has 0 spiro atoms. The number of rotatable bonds is 3. The van der Waals surface area contributed by atoms with Gasteiger partial charge in [0, 0.05) is 28.5 Å². The number of benzene rings is 3. The molecule has 0 aliphatic rings. The number of hydrogen-bond acceptors (Lipinski definition) is 2. The molecule has 0 atom stereocenters. The minimum Gasteiger partial charge on any atom is -0.454 e. The van der Waals surface area contributed by atoms with E-state index in [0.717, 1.165) is 49.9 Å². The average molecular weight is 418 g/mol. The van der Waals surface area contributed by atoms with Gasteiger partial charge in [-0.05, 0) is 47.7 Å². The molecule has 0 aliphatic heterocycles. The predicted molar refractivity (Wildman–Crippen MR) is 129 cm³/mol. The Morgan fingerprint density at radius 3 is 2.38 bits per heavy atom. The van der Waals surface area contributed by atoms with Crippen LogP contribution in [-0.2, 0) is 7.05 Å². The van der Waals surface area contributed by atoms with Crippen LogP contribution in [0.5, 0.6) is 0 Å². The van der Waals surface area contributed by atoms with Gasteiger partial charge in [0.1, 0.15) is 18.2 Å². The molecule has 156 valence electrons. The van der Waals surface area contributed by atoms with Crippen LogP contribution in [0, 0.1) is 18.3 Å². The van der Waals surface area contributed by atoms with E-state index in [4.69, 9.17) is 4.42 Å². The van der Waals surface area contributed by atoms with E-state index in [1.165, 1.54) is 5.56 Å². The number of nitriles is 1. The first-order chi connectivity index (χ1) is 15.5. The van der Waals surface area contributed by atoms with Crippen molar-refractivity contribution in [2.45, 2.75) is 26.7 Å². The third-order valence-electron chi connectivity index (χ3n) is 6.32. The summed E-state index contributed by atoms with van der Waals surface area (Å²) < 4.78 is 8.72. The van der Waals surface area contributed by atoms with E-state index in [0.29, 0.717) is 11.5 Å². The summed E-state index contributed by atoms with van der Waals surface area (Å²) in [6, 6.07) is 25.3. The van der Waals surface area contributed by atoms with E-state index in [-0.39, 0.29) is 0 Å². The molecule has 0 saturated heterocycles. The van der Waals surface area contributed by atoms with E-state index < -0.39 is 0 Å². The fourth-order valence-corrected chi connectivity index (χ4v) is 4.51. The number of nitrogens with zero attached hydrogens (tertiary/aromatic N) is 2. The molecule has 3 nitrogen and oxygen atoms in total. The van der Waals surface area contributed by atoms with Crippen LogP contribution in [-0.4, -0.2) is 0 Å². The molecule has 2 heterocycles. The highest BCUT2D eigenvalue weighted by molar-refractivity contribution is 6.15. The maximum Gasteiger partial charge on any atom is 0.216 e. The lowest BCUT2D eigenvalue weighted by Crippen LogP contribution is -2.30. The summed E-state index contributed by atoms with van der Waals surface area (Å²) in [6.07, 6.45) is 2.04. The molecule has 0 saturated carbocycles. The maximum atomic E-state index is 9.86. The fourth-order valence-electron chi connectivity index (χ4n) is 4.51. The van der Waals surface area contributed by atoms with E-state index in [1.807, 2.05) is 37.5 Å². The van der Waals surface area contributed by atoms with Crippen LogP contribution in [0.4, 0.5) is 0 Å². The van der Waals surface area contributed by atoms with Crippen molar-refractivity contribution in [3.05, 3.63) is 89.6 Å². The molecule has 5 rings (SSSR count). The molecule has 3 heteroatoms. The van der Waals surface area contributed by atoms with Gasteiger partial charge >= 0.3 is 0 Å². The van der Waals surface area contributed by atoms with Crippen molar-refractivity contribution < 1.29 is 8.98 Å². The Labute approximate surface area is 188 Å². The number of hydrogen-bond donors (Lipinski definition) is 0. The lowest BCUT2D eigenvalue weighted by molar-refractivity contribution is -0.660. The zero-order valence-corrected chi connectivity index (χ0v) is 18.8. The highest BCUT2D eigenvalue weighted by Gasteiger charge is 2.23. The van der Waals surface area contributed by atoms with Gasteiger partial charge in [0.25, 0.3) is 0 Å². The van der Waals surface area contributed by atoms with Crippen LogP contribution in [0.1, 0.15) is 36.5 Å². The van der Waals surface area contributed by atoms with Crippen molar-refractivity contribution >= 4 is 21.9 Å². The first-order valence-electron chi connectivity index (χ1n) is 10.9. The van der Waals surface area contributed by atoms with Gasteiger partial charge in [-0.3, -0.25) is 0 Å². The van der Waals surface area contributed by atoms with Gasteiger partial charge in [0.15, 0.2) is 6.20 Å². The van der Waals surface area contributed by atoms with Gasteiger partial charge in [0.2, 0.25) is 5.69 Å². The lowest BCUT2D eigenvalue weighted by Gasteiger charge is -2.08. The Hall–Kier alpha value is -3.90. The second-order valence-electron chi connectivity index (χ2n) is 8.69. The zero-order chi connectivity index (χ0) is 22.4. The number of fused-ring (bicyclic) bond motifs is 3. The molecular formula is C29H25N2O+. The summed E-state index contributed by atoms with van der Waals surface area (Å²) in [7, 11) is 2.04. The predicted octanol–water partition coefficient (Wildman–Crippen LogP) is 7.05. The van der Waals surface area contributed by atoms with Crippen molar-refractivity contribution in [2.24, 2.45) is 7.05 Å². The monoisotopic (exact) mass is 417 g/mol. The average Bonchev–Trinajstić information content (AvgIpc) is 3.19. The van der Waals surface area contributed by atoms with Gasteiger partial charge in [0.05, 0.1) is 17.2 Å². The number of aryl methyl sites for hydroxylation is 2. The van der Waals surface area contributed by atoms with Gasteiger partial charge in [-0.2, -0.15) is 5.26 Å². The Morgan fingerprint density at radius 2 is 1.69 bits per heavy atom. The van der Waals surface area contributed by atoms with Gasteiger partial charge in [-0.1, -0.05) is 50.2 Å². The molecule has 5 aromatic rings. The molecule has 0 bridgehead atoms. The highest BCUT2D eigenvalue weighted by Crippen LogP contribution is 2.42. The number of aromatic nitrogens is 1. The Morgan fingerprint density at radius 1 is 0.906 bits per heavy atom. The summed E-state index contributed by atoms with van der Waals surface area (Å²) in [5, 5.41) is 11.7. The smallest absolute Gasteiger partial charge is 0.216 e. The zero-order valence-electron chi connectivity index (χ0n) is 18.8. The van der Waals surface area contributed by atoms with Crippen molar-refractivity contribution in [3.8, 4) is 28.5 Å².